The first kappa shape index (κ1) is 23.8. The highest BCUT2D eigenvalue weighted by Crippen LogP contribution is 2.40. The second-order valence-electron chi connectivity index (χ2n) is 8.05. The van der Waals surface area contributed by atoms with Gasteiger partial charge in [0, 0.05) is 22.1 Å². The summed E-state index contributed by atoms with van der Waals surface area (Å²) in [6.45, 7) is 0.333. The van der Waals surface area contributed by atoms with Crippen LogP contribution in [0.1, 0.15) is 5.69 Å². The SMILES string of the molecule is CO/N=C(\C(=O)NC1C(=O)N2C(C(=O)O)=C(C[n+]3ccc4sccc4c3)CS[C@H]12)c1cccc(N)n1. The van der Waals surface area contributed by atoms with Crippen LogP contribution < -0.4 is 15.6 Å². The number of thioether (sulfide) groups is 1. The van der Waals surface area contributed by atoms with E-state index in [1.54, 1.807) is 29.5 Å². The number of oxime groups is 1. The van der Waals surface area contributed by atoms with Crippen molar-refractivity contribution >= 4 is 62.5 Å². The van der Waals surface area contributed by atoms with Crippen molar-refractivity contribution in [2.24, 2.45) is 5.16 Å². The van der Waals surface area contributed by atoms with E-state index in [4.69, 9.17) is 10.6 Å². The number of pyridine rings is 2. The smallest absolute Gasteiger partial charge is 0.352 e. The van der Waals surface area contributed by atoms with Gasteiger partial charge in [-0.2, -0.15) is 0 Å². The fourth-order valence-corrected chi connectivity index (χ4v) is 6.26. The van der Waals surface area contributed by atoms with Crippen LogP contribution in [0.3, 0.4) is 0 Å². The normalized spacial score (nSPS) is 19.6. The number of carboxylic acid groups (broad SMARTS) is 1. The third kappa shape index (κ3) is 4.27. The van der Waals surface area contributed by atoms with E-state index in [0.717, 1.165) is 10.1 Å². The number of anilines is 1. The van der Waals surface area contributed by atoms with E-state index in [2.05, 4.69) is 15.5 Å². The molecule has 0 saturated carbocycles. The van der Waals surface area contributed by atoms with Crippen molar-refractivity contribution in [3.8, 4) is 0 Å². The number of hydrogen-bond donors (Lipinski definition) is 3. The second-order valence-corrected chi connectivity index (χ2v) is 10.1. The molecule has 2 amide bonds. The Morgan fingerprint density at radius 3 is 2.94 bits per heavy atom. The van der Waals surface area contributed by atoms with Gasteiger partial charge >= 0.3 is 5.97 Å². The lowest BCUT2D eigenvalue weighted by Crippen LogP contribution is -2.71. The van der Waals surface area contributed by atoms with E-state index < -0.39 is 29.2 Å². The molecule has 0 aromatic carbocycles. The van der Waals surface area contributed by atoms with E-state index in [-0.39, 0.29) is 22.9 Å². The molecule has 3 aromatic rings. The number of aliphatic carboxylic acids is 1. The summed E-state index contributed by atoms with van der Waals surface area (Å²) in [7, 11) is 1.28. The quantitative estimate of drug-likeness (QED) is 0.179. The van der Waals surface area contributed by atoms with Crippen LogP contribution in [0.15, 0.2) is 64.5 Å². The zero-order valence-corrected chi connectivity index (χ0v) is 20.6. The van der Waals surface area contributed by atoms with Crippen LogP contribution in [-0.4, -0.2) is 62.8 Å². The van der Waals surface area contributed by atoms with Crippen molar-refractivity contribution in [3.05, 3.63) is 65.1 Å². The fraction of sp³-hybridized carbons (Fsp3) is 0.217. The van der Waals surface area contributed by atoms with Crippen molar-refractivity contribution < 1.29 is 28.9 Å². The molecule has 184 valence electrons. The number of nitrogens with one attached hydrogen (secondary N) is 1. The Balaban J connectivity index is 1.36. The number of nitrogens with zero attached hydrogens (tertiary/aromatic N) is 4. The Morgan fingerprint density at radius 2 is 2.19 bits per heavy atom. The summed E-state index contributed by atoms with van der Waals surface area (Å²) in [6, 6.07) is 7.78. The molecular weight excluding hydrogens is 504 g/mol. The van der Waals surface area contributed by atoms with Gasteiger partial charge in [-0.25, -0.2) is 14.3 Å². The van der Waals surface area contributed by atoms with E-state index in [1.165, 1.54) is 23.8 Å². The lowest BCUT2D eigenvalue weighted by atomic mass is 10.0. The van der Waals surface area contributed by atoms with Gasteiger partial charge in [-0.1, -0.05) is 11.2 Å². The molecule has 0 spiro atoms. The number of thiophene rings is 1. The molecule has 11 nitrogen and oxygen atoms in total. The van der Waals surface area contributed by atoms with E-state index >= 15 is 0 Å². The van der Waals surface area contributed by atoms with Gasteiger partial charge in [0.15, 0.2) is 24.7 Å². The van der Waals surface area contributed by atoms with E-state index in [0.29, 0.717) is 17.9 Å². The molecule has 4 N–H and O–H groups in total. The average molecular weight is 526 g/mol. The van der Waals surface area contributed by atoms with Crippen molar-refractivity contribution in [2.75, 3.05) is 18.6 Å². The number of rotatable bonds is 7. The van der Waals surface area contributed by atoms with Gasteiger partial charge in [0.2, 0.25) is 0 Å². The molecule has 2 atom stereocenters. The van der Waals surface area contributed by atoms with Crippen LogP contribution in [0.25, 0.3) is 10.1 Å². The zero-order valence-electron chi connectivity index (χ0n) is 19.0. The molecule has 5 heterocycles. The summed E-state index contributed by atoms with van der Waals surface area (Å²) in [4.78, 5) is 48.3. The molecule has 0 radical (unpaired) electrons. The van der Waals surface area contributed by atoms with Crippen molar-refractivity contribution in [3.63, 3.8) is 0 Å². The number of nitrogens with two attached hydrogens (primary N) is 1. The molecular formula is C23H21N6O5S2+. The van der Waals surface area contributed by atoms with Crippen molar-refractivity contribution in [2.45, 2.75) is 18.0 Å². The van der Waals surface area contributed by atoms with Crippen LogP contribution in [0.2, 0.25) is 0 Å². The topological polar surface area (TPSA) is 151 Å². The first-order valence-electron chi connectivity index (χ1n) is 10.8. The monoisotopic (exact) mass is 525 g/mol. The molecule has 0 aliphatic carbocycles. The Bertz CT molecular complexity index is 1450. The van der Waals surface area contributed by atoms with Crippen LogP contribution in [0.5, 0.6) is 0 Å². The Kier molecular flexibility index (Phi) is 6.33. The molecule has 2 aliphatic rings. The molecule has 13 heteroatoms. The predicted octanol–water partition coefficient (Wildman–Crippen LogP) is 0.955. The molecule has 1 unspecified atom stereocenters. The zero-order chi connectivity index (χ0) is 25.4. The number of β-lactam (4-membered cyclic amide) rings is 1. The Morgan fingerprint density at radius 1 is 1.36 bits per heavy atom. The van der Waals surface area contributed by atoms with Crippen LogP contribution in [-0.2, 0) is 25.8 Å². The van der Waals surface area contributed by atoms with Gasteiger partial charge in [-0.05, 0) is 23.6 Å². The van der Waals surface area contributed by atoms with Crippen LogP contribution in [0.4, 0.5) is 5.82 Å². The highest BCUT2D eigenvalue weighted by Gasteiger charge is 2.54. The highest BCUT2D eigenvalue weighted by atomic mass is 32.2. The number of aromatic nitrogens is 2. The molecule has 1 saturated heterocycles. The summed E-state index contributed by atoms with van der Waals surface area (Å²) in [5.41, 5.74) is 6.32. The Labute approximate surface area is 213 Å². The van der Waals surface area contributed by atoms with Gasteiger partial charge in [-0.15, -0.1) is 23.1 Å². The number of carboxylic acids is 1. The van der Waals surface area contributed by atoms with Crippen LogP contribution in [0, 0.1) is 0 Å². The summed E-state index contributed by atoms with van der Waals surface area (Å²) >= 11 is 3.02. The number of nitrogen functional groups attached to an aromatic ring is 1. The molecule has 1 fully saturated rings. The molecule has 3 aromatic heterocycles. The van der Waals surface area contributed by atoms with Gasteiger partial charge < -0.3 is 21.0 Å². The largest absolute Gasteiger partial charge is 0.477 e. The minimum Gasteiger partial charge on any atom is -0.477 e. The average Bonchev–Trinajstić information content (AvgIpc) is 3.33. The molecule has 2 aliphatic heterocycles. The number of fused-ring (bicyclic) bond motifs is 2. The third-order valence-corrected chi connectivity index (χ3v) is 8.01. The maximum Gasteiger partial charge on any atom is 0.352 e. The number of carbonyl (C=O) groups is 3. The summed E-state index contributed by atoms with van der Waals surface area (Å²) in [6.07, 6.45) is 3.85. The summed E-state index contributed by atoms with van der Waals surface area (Å²) in [5.74, 6) is -1.79. The number of carbonyl (C=O) groups excluding carboxylic acids is 2. The summed E-state index contributed by atoms with van der Waals surface area (Å²) in [5, 5.41) is 18.8. The molecule has 5 rings (SSSR count). The van der Waals surface area contributed by atoms with Crippen LogP contribution >= 0.6 is 23.1 Å². The maximum absolute atomic E-state index is 13.0. The fourth-order valence-electron chi connectivity index (χ4n) is 4.17. The molecule has 0 bridgehead atoms. The first-order valence-corrected chi connectivity index (χ1v) is 12.7. The lowest BCUT2D eigenvalue weighted by molar-refractivity contribution is -0.687. The van der Waals surface area contributed by atoms with E-state index in [9.17, 15) is 19.5 Å². The van der Waals surface area contributed by atoms with Gasteiger partial charge in [0.05, 0.1) is 5.39 Å². The minimum absolute atomic E-state index is 0.0459. The first-order chi connectivity index (χ1) is 17.4. The second kappa shape index (κ2) is 9.59. The van der Waals surface area contributed by atoms with Crippen molar-refractivity contribution in [1.29, 1.82) is 0 Å². The number of hydrogen-bond acceptors (Lipinski definition) is 9. The third-order valence-electron chi connectivity index (χ3n) is 5.77. The van der Waals surface area contributed by atoms with Crippen molar-refractivity contribution in [1.82, 2.24) is 15.2 Å². The highest BCUT2D eigenvalue weighted by molar-refractivity contribution is 8.00. The van der Waals surface area contributed by atoms with E-state index in [1.807, 2.05) is 34.5 Å². The van der Waals surface area contributed by atoms with Gasteiger partial charge in [0.1, 0.15) is 35.7 Å². The Hall–Kier alpha value is -3.97. The maximum atomic E-state index is 13.0. The van der Waals surface area contributed by atoms with Gasteiger partial charge in [-0.3, -0.25) is 14.5 Å². The number of amides is 2. The lowest BCUT2D eigenvalue weighted by Gasteiger charge is -2.49. The van der Waals surface area contributed by atoms with Gasteiger partial charge in [0.25, 0.3) is 11.8 Å². The summed E-state index contributed by atoms with van der Waals surface area (Å²) < 4.78 is 3.04. The molecule has 36 heavy (non-hydrogen) atoms. The standard InChI is InChI=1S/C23H20N6O5S2/c1-34-27-17(14-3-2-4-16(24)25-14)20(30)26-18-21(31)29-19(23(32)33)13(11-36-22(18)29)10-28-7-5-15-12(9-28)6-8-35-15/h2-9,18,22H,10-11H2,1H3,(H3-,24,25,26,30,32,33)/p+1/b27-17-/t18?,22-/m1/s1. The predicted molar refractivity (Wildman–Crippen MR) is 134 cm³/mol. The minimum atomic E-state index is -1.18.